The number of anilines is 1. The number of aliphatic hydroxyl groups excluding tert-OH is 4. The number of pyridine rings is 1. The maximum absolute atomic E-state index is 12.3. The second kappa shape index (κ2) is 7.52. The number of hydrogen-bond donors (Lipinski definition) is 5. The van der Waals surface area contributed by atoms with Crippen molar-refractivity contribution in [3.63, 3.8) is 0 Å². The van der Waals surface area contributed by atoms with Crippen LogP contribution in [0.15, 0.2) is 30.7 Å². The number of aliphatic hydroxyl groups is 4. The smallest absolute Gasteiger partial charge is 0.204 e. The fraction of sp³-hybridized carbons (Fsp3) is 0.400. The van der Waals surface area contributed by atoms with Crippen molar-refractivity contribution in [2.45, 2.75) is 30.6 Å². The first kappa shape index (κ1) is 17.9. The topological polar surface area (TPSA) is 145 Å². The number of thiazole rings is 1. The van der Waals surface area contributed by atoms with Crippen molar-refractivity contribution in [3.05, 3.63) is 41.2 Å². The van der Waals surface area contributed by atoms with Gasteiger partial charge >= 0.3 is 0 Å². The second-order valence-corrected chi connectivity index (χ2v) is 6.52. The van der Waals surface area contributed by atoms with Crippen LogP contribution in [0.25, 0.3) is 0 Å². The van der Waals surface area contributed by atoms with Gasteiger partial charge in [-0.25, -0.2) is 4.98 Å². The molecule has 25 heavy (non-hydrogen) atoms. The lowest BCUT2D eigenvalue weighted by atomic mass is 9.98. The third-order valence-electron chi connectivity index (χ3n) is 3.83. The SMILES string of the molecule is O=C(c1ccncc1)c1cnc(N[C@H]2O[C@H](CO)[C@@H](O)[C@H](O)[C@@H]2O)s1. The van der Waals surface area contributed by atoms with Crippen LogP contribution in [-0.2, 0) is 4.74 Å². The van der Waals surface area contributed by atoms with Crippen molar-refractivity contribution in [1.29, 1.82) is 0 Å². The van der Waals surface area contributed by atoms with Gasteiger partial charge in [0, 0.05) is 18.0 Å². The first-order valence-corrected chi connectivity index (χ1v) is 8.30. The molecule has 1 aliphatic rings. The molecule has 5 N–H and O–H groups in total. The van der Waals surface area contributed by atoms with E-state index in [2.05, 4.69) is 15.3 Å². The summed E-state index contributed by atoms with van der Waals surface area (Å²) in [5.41, 5.74) is 0.470. The quantitative estimate of drug-likeness (QED) is 0.419. The van der Waals surface area contributed by atoms with Gasteiger partial charge < -0.3 is 30.5 Å². The van der Waals surface area contributed by atoms with E-state index < -0.39 is 37.3 Å². The zero-order chi connectivity index (χ0) is 18.0. The number of hydrogen-bond acceptors (Lipinski definition) is 10. The highest BCUT2D eigenvalue weighted by Gasteiger charge is 2.43. The fourth-order valence-corrected chi connectivity index (χ4v) is 3.24. The van der Waals surface area contributed by atoms with Crippen molar-refractivity contribution in [2.75, 3.05) is 11.9 Å². The molecule has 0 aliphatic carbocycles. The molecule has 0 radical (unpaired) electrons. The molecule has 3 rings (SSSR count). The van der Waals surface area contributed by atoms with E-state index in [4.69, 9.17) is 4.74 Å². The Morgan fingerprint density at radius 2 is 1.92 bits per heavy atom. The maximum atomic E-state index is 12.3. The molecule has 10 heteroatoms. The third-order valence-corrected chi connectivity index (χ3v) is 4.76. The summed E-state index contributed by atoms with van der Waals surface area (Å²) < 4.78 is 5.34. The summed E-state index contributed by atoms with van der Waals surface area (Å²) in [4.78, 5) is 20.6. The molecule has 2 aromatic heterocycles. The van der Waals surface area contributed by atoms with Gasteiger partial charge in [0.25, 0.3) is 0 Å². The molecule has 0 amide bonds. The van der Waals surface area contributed by atoms with Gasteiger partial charge in [0.05, 0.1) is 17.7 Å². The van der Waals surface area contributed by atoms with Crippen LogP contribution in [-0.4, -0.2) is 73.4 Å². The van der Waals surface area contributed by atoms with E-state index in [1.807, 2.05) is 0 Å². The van der Waals surface area contributed by atoms with Gasteiger partial charge in [-0.1, -0.05) is 11.3 Å². The Hall–Kier alpha value is -1.95. The van der Waals surface area contributed by atoms with Gasteiger partial charge in [-0.3, -0.25) is 9.78 Å². The summed E-state index contributed by atoms with van der Waals surface area (Å²) in [5, 5.41) is 41.8. The molecule has 0 bridgehead atoms. The number of nitrogens with one attached hydrogen (secondary N) is 1. The molecule has 5 atom stereocenters. The average Bonchev–Trinajstić information content (AvgIpc) is 3.11. The molecule has 134 valence electrons. The van der Waals surface area contributed by atoms with Gasteiger partial charge in [0.1, 0.15) is 24.4 Å². The molecule has 1 saturated heterocycles. The van der Waals surface area contributed by atoms with Crippen LogP contribution in [0.1, 0.15) is 15.2 Å². The number of nitrogens with zero attached hydrogens (tertiary/aromatic N) is 2. The van der Waals surface area contributed by atoms with E-state index in [0.717, 1.165) is 11.3 Å². The van der Waals surface area contributed by atoms with Crippen LogP contribution in [0.5, 0.6) is 0 Å². The lowest BCUT2D eigenvalue weighted by Crippen LogP contribution is -2.60. The molecule has 2 aromatic rings. The van der Waals surface area contributed by atoms with Crippen LogP contribution in [0.2, 0.25) is 0 Å². The standard InChI is InChI=1S/C15H17N3O6S/c19-6-8-11(21)12(22)13(23)14(24-8)18-15-17-5-9(25-15)10(20)7-1-3-16-4-2-7/h1-5,8,11-14,19,21-23H,6H2,(H,17,18)/t8-,11-,12+,13+,14+/m1/s1. The molecule has 0 unspecified atom stereocenters. The number of carbonyl (C=O) groups excluding carboxylic acids is 1. The average molecular weight is 367 g/mol. The normalized spacial score (nSPS) is 29.4. The van der Waals surface area contributed by atoms with Crippen LogP contribution in [0.4, 0.5) is 5.13 Å². The highest BCUT2D eigenvalue weighted by molar-refractivity contribution is 7.17. The summed E-state index contributed by atoms with van der Waals surface area (Å²) in [6.45, 7) is -0.521. The fourth-order valence-electron chi connectivity index (χ4n) is 2.43. The number of ether oxygens (including phenoxy) is 1. The Morgan fingerprint density at radius 3 is 2.60 bits per heavy atom. The summed E-state index contributed by atoms with van der Waals surface area (Å²) in [6.07, 6.45) is -2.04. The third kappa shape index (κ3) is 3.68. The predicted molar refractivity (Wildman–Crippen MR) is 87.2 cm³/mol. The Bertz CT molecular complexity index is 725. The van der Waals surface area contributed by atoms with Crippen molar-refractivity contribution in [2.24, 2.45) is 0 Å². The van der Waals surface area contributed by atoms with E-state index >= 15 is 0 Å². The maximum Gasteiger partial charge on any atom is 0.204 e. The first-order chi connectivity index (χ1) is 12.0. The number of carbonyl (C=O) groups is 1. The molecular weight excluding hydrogens is 350 g/mol. The molecule has 9 nitrogen and oxygen atoms in total. The highest BCUT2D eigenvalue weighted by atomic mass is 32.1. The van der Waals surface area contributed by atoms with Crippen LogP contribution in [0, 0.1) is 0 Å². The molecule has 0 aromatic carbocycles. The van der Waals surface area contributed by atoms with E-state index in [1.165, 1.54) is 18.6 Å². The van der Waals surface area contributed by atoms with Crippen LogP contribution in [0.3, 0.4) is 0 Å². The van der Waals surface area contributed by atoms with E-state index in [9.17, 15) is 25.2 Å². The number of aromatic nitrogens is 2. The Balaban J connectivity index is 1.72. The lowest BCUT2D eigenvalue weighted by Gasteiger charge is -2.40. The van der Waals surface area contributed by atoms with Crippen molar-refractivity contribution in [1.82, 2.24) is 9.97 Å². The molecule has 1 fully saturated rings. The minimum absolute atomic E-state index is 0.221. The van der Waals surface area contributed by atoms with Gasteiger partial charge in [0.2, 0.25) is 5.78 Å². The largest absolute Gasteiger partial charge is 0.394 e. The van der Waals surface area contributed by atoms with Gasteiger partial charge in [0.15, 0.2) is 11.4 Å². The Morgan fingerprint density at radius 1 is 1.20 bits per heavy atom. The summed E-state index contributed by atoms with van der Waals surface area (Å²) >= 11 is 1.05. The van der Waals surface area contributed by atoms with Gasteiger partial charge in [-0.15, -0.1) is 0 Å². The van der Waals surface area contributed by atoms with Gasteiger partial charge in [-0.2, -0.15) is 0 Å². The van der Waals surface area contributed by atoms with E-state index in [1.54, 1.807) is 12.1 Å². The van der Waals surface area contributed by atoms with Crippen molar-refractivity contribution < 1.29 is 30.0 Å². The Kier molecular flexibility index (Phi) is 5.37. The molecule has 1 aliphatic heterocycles. The first-order valence-electron chi connectivity index (χ1n) is 7.49. The summed E-state index contributed by atoms with van der Waals surface area (Å²) in [5.74, 6) is -0.221. The zero-order valence-corrected chi connectivity index (χ0v) is 13.7. The second-order valence-electron chi connectivity index (χ2n) is 5.49. The minimum Gasteiger partial charge on any atom is -0.394 e. The molecular formula is C15H17N3O6S. The van der Waals surface area contributed by atoms with Gasteiger partial charge in [-0.05, 0) is 12.1 Å². The van der Waals surface area contributed by atoms with E-state index in [-0.39, 0.29) is 5.78 Å². The van der Waals surface area contributed by atoms with Crippen molar-refractivity contribution in [3.8, 4) is 0 Å². The number of ketones is 1. The summed E-state index contributed by atoms with van der Waals surface area (Å²) in [7, 11) is 0. The monoisotopic (exact) mass is 367 g/mol. The highest BCUT2D eigenvalue weighted by Crippen LogP contribution is 2.26. The molecule has 0 spiro atoms. The minimum atomic E-state index is -1.48. The van der Waals surface area contributed by atoms with Crippen LogP contribution >= 0.6 is 11.3 Å². The zero-order valence-electron chi connectivity index (χ0n) is 12.9. The number of rotatable bonds is 5. The molecule has 0 saturated carbocycles. The summed E-state index contributed by atoms with van der Waals surface area (Å²) in [6, 6.07) is 3.18. The van der Waals surface area contributed by atoms with Crippen molar-refractivity contribution >= 4 is 22.3 Å². The Labute approximate surface area is 146 Å². The molecule has 3 heterocycles. The van der Waals surface area contributed by atoms with Crippen LogP contribution < -0.4 is 5.32 Å². The lowest BCUT2D eigenvalue weighted by molar-refractivity contribution is -0.221. The predicted octanol–water partition coefficient (Wildman–Crippen LogP) is -1.02. The van der Waals surface area contributed by atoms with E-state index in [0.29, 0.717) is 15.6 Å².